The molecule has 1 unspecified atom stereocenters. The van der Waals surface area contributed by atoms with Crippen molar-refractivity contribution < 1.29 is 15.0 Å². The molecule has 0 fully saturated rings. The lowest BCUT2D eigenvalue weighted by molar-refractivity contribution is -0.121. The minimum atomic E-state index is -1.34. The number of allylic oxidation sites excluding steroid dienone is 2. The summed E-state index contributed by atoms with van der Waals surface area (Å²) in [6.07, 6.45) is 1.55. The number of phenols is 1. The van der Waals surface area contributed by atoms with Gasteiger partial charge in [-0.3, -0.25) is 4.79 Å². The van der Waals surface area contributed by atoms with Crippen molar-refractivity contribution in [1.29, 1.82) is 5.26 Å². The third-order valence-corrected chi connectivity index (χ3v) is 3.87. The highest BCUT2D eigenvalue weighted by Gasteiger charge is 2.34. The van der Waals surface area contributed by atoms with E-state index in [0.29, 0.717) is 5.57 Å². The predicted octanol–water partition coefficient (Wildman–Crippen LogP) is 1.98. The number of aliphatic hydroxyl groups excluding tert-OH is 1. The fourth-order valence-electron chi connectivity index (χ4n) is 2.49. The maximum Gasteiger partial charge on any atom is 0.197 e. The molecule has 0 spiro atoms. The van der Waals surface area contributed by atoms with Crippen LogP contribution in [0.1, 0.15) is 0 Å². The number of ketones is 1. The first kappa shape index (κ1) is 14.4. The van der Waals surface area contributed by atoms with Gasteiger partial charge in [-0.2, -0.15) is 5.26 Å². The highest BCUT2D eigenvalue weighted by molar-refractivity contribution is 6.34. The molecule has 0 radical (unpaired) electrons. The number of carbonyl (C=O) groups is 1. The smallest absolute Gasteiger partial charge is 0.197 e. The minimum Gasteiger partial charge on any atom is -0.508 e. The number of halogens is 1. The van der Waals surface area contributed by atoms with E-state index in [0.717, 1.165) is 5.69 Å². The highest BCUT2D eigenvalue weighted by Crippen LogP contribution is 2.36. The van der Waals surface area contributed by atoms with E-state index in [1.807, 2.05) is 6.07 Å². The molecule has 1 aliphatic heterocycles. The lowest BCUT2D eigenvalue weighted by Gasteiger charge is -2.30. The molecule has 2 N–H and O–H groups in total. The first-order chi connectivity index (χ1) is 10.5. The zero-order chi connectivity index (χ0) is 15.9. The van der Waals surface area contributed by atoms with Crippen LogP contribution in [0.5, 0.6) is 5.75 Å². The number of anilines is 1. The monoisotopic (exact) mass is 314 g/mol. The average molecular weight is 315 g/mol. The van der Waals surface area contributed by atoms with Crippen molar-refractivity contribution in [2.45, 2.75) is 6.10 Å². The van der Waals surface area contributed by atoms with Gasteiger partial charge in [0.25, 0.3) is 0 Å². The van der Waals surface area contributed by atoms with Crippen LogP contribution in [-0.2, 0) is 4.79 Å². The summed E-state index contributed by atoms with van der Waals surface area (Å²) in [7, 11) is 0. The second kappa shape index (κ2) is 5.34. The molecule has 0 bridgehead atoms. The number of carbonyl (C=O) groups excluding carboxylic acids is 1. The van der Waals surface area contributed by atoms with Gasteiger partial charge in [-0.05, 0) is 30.3 Å². The summed E-state index contributed by atoms with van der Waals surface area (Å²) in [4.78, 5) is 13.9. The molecular weight excluding hydrogens is 304 g/mol. The SMILES string of the molecule is N#CC1=CC(O)C(=O)C2=C(Cl)CN(c3ccc(O)cc3)C=C12. The molecule has 5 nitrogen and oxygen atoms in total. The number of aliphatic hydroxyl groups is 1. The third-order valence-electron chi connectivity index (χ3n) is 3.57. The fourth-order valence-corrected chi connectivity index (χ4v) is 2.81. The molecule has 3 rings (SSSR count). The molecule has 22 heavy (non-hydrogen) atoms. The Morgan fingerprint density at radius 1 is 1.32 bits per heavy atom. The van der Waals surface area contributed by atoms with Gasteiger partial charge in [-0.1, -0.05) is 11.6 Å². The Morgan fingerprint density at radius 3 is 2.64 bits per heavy atom. The van der Waals surface area contributed by atoms with Crippen LogP contribution >= 0.6 is 11.6 Å². The van der Waals surface area contributed by atoms with E-state index in [1.54, 1.807) is 23.2 Å². The van der Waals surface area contributed by atoms with Gasteiger partial charge in [0, 0.05) is 28.1 Å². The molecule has 1 aliphatic carbocycles. The first-order valence-electron chi connectivity index (χ1n) is 6.52. The average Bonchev–Trinajstić information content (AvgIpc) is 2.51. The van der Waals surface area contributed by atoms with E-state index >= 15 is 0 Å². The van der Waals surface area contributed by atoms with Crippen molar-refractivity contribution >= 4 is 23.1 Å². The van der Waals surface area contributed by atoms with Crippen molar-refractivity contribution in [1.82, 2.24) is 0 Å². The second-order valence-corrected chi connectivity index (χ2v) is 5.42. The normalized spacial score (nSPS) is 21.0. The van der Waals surface area contributed by atoms with Gasteiger partial charge in [0.1, 0.15) is 11.9 Å². The van der Waals surface area contributed by atoms with Crippen LogP contribution in [0.15, 0.2) is 58.3 Å². The molecular formula is C16H11ClN2O3. The van der Waals surface area contributed by atoms with Crippen molar-refractivity contribution in [3.63, 3.8) is 0 Å². The Hall–Kier alpha value is -2.55. The summed E-state index contributed by atoms with van der Waals surface area (Å²) in [5.41, 5.74) is 1.58. The van der Waals surface area contributed by atoms with E-state index < -0.39 is 11.9 Å². The Labute approximate surface area is 131 Å². The molecule has 0 amide bonds. The van der Waals surface area contributed by atoms with Crippen LogP contribution in [0.2, 0.25) is 0 Å². The zero-order valence-electron chi connectivity index (χ0n) is 11.3. The highest BCUT2D eigenvalue weighted by atomic mass is 35.5. The molecule has 1 atom stereocenters. The molecule has 1 aromatic rings. The van der Waals surface area contributed by atoms with Crippen LogP contribution < -0.4 is 4.90 Å². The van der Waals surface area contributed by atoms with Crippen molar-refractivity contribution in [3.05, 3.63) is 58.3 Å². The number of phenolic OH excluding ortho intramolecular Hbond substituents is 1. The van der Waals surface area contributed by atoms with Crippen LogP contribution in [0.25, 0.3) is 0 Å². The summed E-state index contributed by atoms with van der Waals surface area (Å²) in [5, 5.41) is 28.5. The lowest BCUT2D eigenvalue weighted by atomic mass is 9.85. The fraction of sp³-hybridized carbons (Fsp3) is 0.125. The van der Waals surface area contributed by atoms with Gasteiger partial charge >= 0.3 is 0 Å². The van der Waals surface area contributed by atoms with E-state index in [2.05, 4.69) is 0 Å². The largest absolute Gasteiger partial charge is 0.508 e. The number of nitrogens with zero attached hydrogens (tertiary/aromatic N) is 2. The Kier molecular flexibility index (Phi) is 3.49. The Bertz CT molecular complexity index is 785. The van der Waals surface area contributed by atoms with Crippen LogP contribution in [0.3, 0.4) is 0 Å². The summed E-state index contributed by atoms with van der Waals surface area (Å²) in [6, 6.07) is 8.47. The minimum absolute atomic E-state index is 0.143. The number of fused-ring (bicyclic) bond motifs is 1. The van der Waals surface area contributed by atoms with Crippen molar-refractivity contribution in [2.24, 2.45) is 0 Å². The molecule has 0 saturated carbocycles. The topological polar surface area (TPSA) is 84.6 Å². The molecule has 1 aromatic carbocycles. The van der Waals surface area contributed by atoms with Crippen LogP contribution in [-0.4, -0.2) is 28.6 Å². The molecule has 110 valence electrons. The number of Topliss-reactive ketones (excluding diaryl/α,β-unsaturated/α-hetero) is 1. The van der Waals surface area contributed by atoms with Gasteiger partial charge < -0.3 is 15.1 Å². The van der Waals surface area contributed by atoms with E-state index in [4.69, 9.17) is 11.6 Å². The molecule has 6 heteroatoms. The van der Waals surface area contributed by atoms with E-state index in [-0.39, 0.29) is 28.5 Å². The zero-order valence-corrected chi connectivity index (χ0v) is 12.1. The molecule has 1 heterocycles. The predicted molar refractivity (Wildman–Crippen MR) is 81.1 cm³/mol. The van der Waals surface area contributed by atoms with Crippen LogP contribution in [0, 0.1) is 11.3 Å². The number of aromatic hydroxyl groups is 1. The quantitative estimate of drug-likeness (QED) is 0.828. The standard InChI is InChI=1S/C16H11ClN2O3/c17-13-8-19(10-1-3-11(20)4-2-10)7-12-9(6-18)5-14(21)16(22)15(12)13/h1-5,7,14,20-21H,8H2. The van der Waals surface area contributed by atoms with E-state index in [1.165, 1.54) is 18.2 Å². The van der Waals surface area contributed by atoms with Gasteiger partial charge in [0.05, 0.1) is 18.2 Å². The number of benzene rings is 1. The maximum atomic E-state index is 12.1. The van der Waals surface area contributed by atoms with Crippen molar-refractivity contribution in [2.75, 3.05) is 11.4 Å². The summed E-state index contributed by atoms with van der Waals surface area (Å²) < 4.78 is 0. The van der Waals surface area contributed by atoms with Gasteiger partial charge in [-0.25, -0.2) is 0 Å². The Morgan fingerprint density at radius 2 is 2.00 bits per heavy atom. The maximum absolute atomic E-state index is 12.1. The van der Waals surface area contributed by atoms with Gasteiger partial charge in [-0.15, -0.1) is 0 Å². The van der Waals surface area contributed by atoms with Gasteiger partial charge in [0.2, 0.25) is 0 Å². The summed E-state index contributed by atoms with van der Waals surface area (Å²) >= 11 is 6.23. The molecule has 2 aliphatic rings. The first-order valence-corrected chi connectivity index (χ1v) is 6.90. The summed E-state index contributed by atoms with van der Waals surface area (Å²) in [6.45, 7) is 0.252. The number of hydrogen-bond donors (Lipinski definition) is 2. The summed E-state index contributed by atoms with van der Waals surface area (Å²) in [5.74, 6) is -0.357. The second-order valence-electron chi connectivity index (χ2n) is 4.97. The lowest BCUT2D eigenvalue weighted by Crippen LogP contribution is -2.33. The number of rotatable bonds is 1. The number of hydrogen-bond acceptors (Lipinski definition) is 5. The van der Waals surface area contributed by atoms with Crippen LogP contribution in [0.4, 0.5) is 5.69 Å². The van der Waals surface area contributed by atoms with Gasteiger partial charge in [0.15, 0.2) is 5.78 Å². The molecule has 0 aromatic heterocycles. The molecule has 0 saturated heterocycles. The Balaban J connectivity index is 2.09. The third kappa shape index (κ3) is 2.29. The van der Waals surface area contributed by atoms with E-state index in [9.17, 15) is 20.3 Å². The number of nitriles is 1. The van der Waals surface area contributed by atoms with Crippen molar-refractivity contribution in [3.8, 4) is 11.8 Å².